The molecule has 0 aromatic heterocycles. The molecule has 1 heteroatoms. The van der Waals surface area contributed by atoms with E-state index >= 15 is 0 Å². The molecule has 0 aromatic carbocycles. The lowest BCUT2D eigenvalue weighted by Gasteiger charge is -2.53. The number of aliphatic hydroxyl groups excluding tert-OH is 1. The summed E-state index contributed by atoms with van der Waals surface area (Å²) in [5.74, 6) is 1.57. The minimum Gasteiger partial charge on any atom is -0.396 e. The van der Waals surface area contributed by atoms with Gasteiger partial charge in [0.05, 0.1) is 0 Å². The highest BCUT2D eigenvalue weighted by Gasteiger charge is 2.52. The number of aliphatic hydroxyl groups is 1. The Balaban J connectivity index is 1.70. The lowest BCUT2D eigenvalue weighted by atomic mass is 9.51. The summed E-state index contributed by atoms with van der Waals surface area (Å²) in [4.78, 5) is 0. The fourth-order valence-electron chi connectivity index (χ4n) is 6.22. The van der Waals surface area contributed by atoms with Crippen LogP contribution in [0.5, 0.6) is 0 Å². The van der Waals surface area contributed by atoms with E-state index in [-0.39, 0.29) is 0 Å². The first-order chi connectivity index (χ1) is 10.6. The van der Waals surface area contributed by atoms with Gasteiger partial charge in [0.15, 0.2) is 0 Å². The zero-order chi connectivity index (χ0) is 15.4. The van der Waals surface area contributed by atoms with Crippen molar-refractivity contribution < 1.29 is 5.11 Å². The third kappa shape index (κ3) is 1.87. The molecule has 0 heterocycles. The van der Waals surface area contributed by atoms with Crippen molar-refractivity contribution in [2.45, 2.75) is 65.2 Å². The number of rotatable bonds is 2. The fraction of sp³-hybridized carbons (Fsp3) is 0.714. The second-order valence-electron chi connectivity index (χ2n) is 8.43. The van der Waals surface area contributed by atoms with Crippen molar-refractivity contribution in [2.24, 2.45) is 22.7 Å². The molecule has 0 unspecified atom stereocenters. The first-order valence-corrected chi connectivity index (χ1v) is 9.30. The summed E-state index contributed by atoms with van der Waals surface area (Å²) in [6.45, 7) is 5.30. The summed E-state index contributed by atoms with van der Waals surface area (Å²) in [5, 5.41) is 9.40. The molecular formula is C21H30O. The normalized spacial score (nSPS) is 43.5. The summed E-state index contributed by atoms with van der Waals surface area (Å²) in [6.07, 6.45) is 17.6. The second kappa shape index (κ2) is 5.09. The van der Waals surface area contributed by atoms with Crippen molar-refractivity contribution in [3.8, 4) is 0 Å². The minimum atomic E-state index is 0.306. The summed E-state index contributed by atoms with van der Waals surface area (Å²) in [5.41, 5.74) is 5.76. The number of fused-ring (bicyclic) bond motifs is 5. The molecule has 0 aliphatic heterocycles. The summed E-state index contributed by atoms with van der Waals surface area (Å²) in [6, 6.07) is 0. The van der Waals surface area contributed by atoms with Gasteiger partial charge in [0, 0.05) is 12.0 Å². The van der Waals surface area contributed by atoms with Gasteiger partial charge in [0.25, 0.3) is 0 Å². The van der Waals surface area contributed by atoms with Crippen LogP contribution in [0.3, 0.4) is 0 Å². The predicted octanol–water partition coefficient (Wildman–Crippen LogP) is 5.18. The standard InChI is InChI=1S/C21H30O/c1-20-12-4-3-5-15(20)6-8-17-18-9-7-16(11-14-22)21(18,2)13-10-19(17)20/h5,7,10,17-18,22H,3-4,6,8-9,11-14H2,1-2H3/t17-,18-,20-,21+/m0/s1. The van der Waals surface area contributed by atoms with Crippen LogP contribution in [0, 0.1) is 22.7 Å². The smallest absolute Gasteiger partial charge is 0.0468 e. The molecule has 4 atom stereocenters. The predicted molar refractivity (Wildman–Crippen MR) is 91.5 cm³/mol. The Labute approximate surface area is 135 Å². The Bertz CT molecular complexity index is 566. The Morgan fingerprint density at radius 2 is 2.09 bits per heavy atom. The topological polar surface area (TPSA) is 20.2 Å². The molecular weight excluding hydrogens is 268 g/mol. The largest absolute Gasteiger partial charge is 0.396 e. The highest BCUT2D eigenvalue weighted by molar-refractivity contribution is 5.40. The van der Waals surface area contributed by atoms with Crippen molar-refractivity contribution in [3.05, 3.63) is 34.9 Å². The van der Waals surface area contributed by atoms with Crippen molar-refractivity contribution in [3.63, 3.8) is 0 Å². The van der Waals surface area contributed by atoms with E-state index in [9.17, 15) is 5.11 Å². The van der Waals surface area contributed by atoms with Gasteiger partial charge in [0.1, 0.15) is 0 Å². The van der Waals surface area contributed by atoms with Gasteiger partial charge in [0.2, 0.25) is 0 Å². The number of hydrogen-bond acceptors (Lipinski definition) is 1. The maximum absolute atomic E-state index is 9.40. The van der Waals surface area contributed by atoms with Gasteiger partial charge in [-0.25, -0.2) is 0 Å². The van der Waals surface area contributed by atoms with Gasteiger partial charge in [-0.2, -0.15) is 0 Å². The molecule has 0 amide bonds. The molecule has 1 fully saturated rings. The van der Waals surface area contributed by atoms with Crippen LogP contribution in [0.1, 0.15) is 65.2 Å². The summed E-state index contributed by atoms with van der Waals surface area (Å²) < 4.78 is 0. The second-order valence-corrected chi connectivity index (χ2v) is 8.43. The lowest BCUT2D eigenvalue weighted by Crippen LogP contribution is -2.43. The maximum Gasteiger partial charge on any atom is 0.0468 e. The molecule has 120 valence electrons. The van der Waals surface area contributed by atoms with Crippen LogP contribution in [0.2, 0.25) is 0 Å². The van der Waals surface area contributed by atoms with Crippen LogP contribution in [-0.2, 0) is 0 Å². The molecule has 4 aliphatic rings. The Hall–Kier alpha value is -0.820. The molecule has 0 radical (unpaired) electrons. The summed E-state index contributed by atoms with van der Waals surface area (Å²) >= 11 is 0. The van der Waals surface area contributed by atoms with E-state index in [1.165, 1.54) is 50.5 Å². The van der Waals surface area contributed by atoms with Gasteiger partial charge in [-0.1, -0.05) is 48.8 Å². The lowest BCUT2D eigenvalue weighted by molar-refractivity contribution is 0.130. The van der Waals surface area contributed by atoms with Crippen molar-refractivity contribution >= 4 is 0 Å². The molecule has 0 spiro atoms. The third-order valence-electron chi connectivity index (χ3n) is 7.52. The fourth-order valence-corrected chi connectivity index (χ4v) is 6.22. The minimum absolute atomic E-state index is 0.306. The molecule has 1 saturated carbocycles. The van der Waals surface area contributed by atoms with E-state index in [4.69, 9.17) is 0 Å². The van der Waals surface area contributed by atoms with Gasteiger partial charge < -0.3 is 5.11 Å². The quantitative estimate of drug-likeness (QED) is 0.697. The summed E-state index contributed by atoms with van der Waals surface area (Å²) in [7, 11) is 0. The SMILES string of the molecule is C[C@]12CCCC=C1CC[C@@H]1C2=CC[C@]2(C)C(CCO)=CC[C@@H]12. The van der Waals surface area contributed by atoms with E-state index in [1.54, 1.807) is 11.1 Å². The van der Waals surface area contributed by atoms with Crippen molar-refractivity contribution in [1.29, 1.82) is 0 Å². The van der Waals surface area contributed by atoms with Gasteiger partial charge in [-0.15, -0.1) is 0 Å². The molecule has 4 rings (SSSR count). The van der Waals surface area contributed by atoms with Crippen LogP contribution in [0.4, 0.5) is 0 Å². The van der Waals surface area contributed by atoms with Crippen LogP contribution >= 0.6 is 0 Å². The Morgan fingerprint density at radius 1 is 1.23 bits per heavy atom. The molecule has 22 heavy (non-hydrogen) atoms. The maximum atomic E-state index is 9.40. The van der Waals surface area contributed by atoms with Crippen LogP contribution in [-0.4, -0.2) is 11.7 Å². The van der Waals surface area contributed by atoms with E-state index in [1.807, 2.05) is 0 Å². The Kier molecular flexibility index (Phi) is 3.41. The van der Waals surface area contributed by atoms with Crippen LogP contribution in [0.15, 0.2) is 34.9 Å². The van der Waals surface area contributed by atoms with Gasteiger partial charge in [-0.3, -0.25) is 0 Å². The number of hydrogen-bond donors (Lipinski definition) is 1. The molecule has 4 aliphatic carbocycles. The zero-order valence-electron chi connectivity index (χ0n) is 14.2. The average molecular weight is 298 g/mol. The van der Waals surface area contributed by atoms with Crippen LogP contribution in [0.25, 0.3) is 0 Å². The van der Waals surface area contributed by atoms with Crippen LogP contribution < -0.4 is 0 Å². The molecule has 1 nitrogen and oxygen atoms in total. The van der Waals surface area contributed by atoms with E-state index in [0.717, 1.165) is 18.3 Å². The molecule has 1 N–H and O–H groups in total. The van der Waals surface area contributed by atoms with Gasteiger partial charge in [-0.05, 0) is 68.6 Å². The highest BCUT2D eigenvalue weighted by Crippen LogP contribution is 2.63. The van der Waals surface area contributed by atoms with E-state index in [0.29, 0.717) is 17.4 Å². The third-order valence-corrected chi connectivity index (χ3v) is 7.52. The van der Waals surface area contributed by atoms with E-state index in [2.05, 4.69) is 32.1 Å². The Morgan fingerprint density at radius 3 is 2.91 bits per heavy atom. The van der Waals surface area contributed by atoms with E-state index < -0.39 is 0 Å². The average Bonchev–Trinajstić information content (AvgIpc) is 2.84. The highest BCUT2D eigenvalue weighted by atomic mass is 16.3. The molecule has 0 bridgehead atoms. The van der Waals surface area contributed by atoms with Crippen molar-refractivity contribution in [1.82, 2.24) is 0 Å². The molecule has 0 saturated heterocycles. The zero-order valence-corrected chi connectivity index (χ0v) is 14.2. The van der Waals surface area contributed by atoms with Crippen molar-refractivity contribution in [2.75, 3.05) is 6.61 Å². The monoisotopic (exact) mass is 298 g/mol. The van der Waals surface area contributed by atoms with Gasteiger partial charge >= 0.3 is 0 Å². The first kappa shape index (κ1) is 14.8. The molecule has 0 aromatic rings. The number of allylic oxidation sites excluding steroid dienone is 5. The first-order valence-electron chi connectivity index (χ1n) is 9.30.